The maximum atomic E-state index is 12.9. The molecule has 164 valence electrons. The second kappa shape index (κ2) is 9.12. The third-order valence-corrected chi connectivity index (χ3v) is 6.98. The molecule has 2 amide bonds. The van der Waals surface area contributed by atoms with Crippen molar-refractivity contribution in [1.82, 2.24) is 10.2 Å². The molecule has 2 heterocycles. The Bertz CT molecular complexity index is 822. The number of carbonyl (C=O) groups excluding carboxylic acids is 3. The number of fused-ring (bicyclic) bond motifs is 1. The molecule has 0 spiro atoms. The lowest BCUT2D eigenvalue weighted by Crippen LogP contribution is -2.79. The monoisotopic (exact) mass is 494 g/mol. The molecule has 1 aromatic rings. The molecule has 2 aliphatic heterocycles. The Morgan fingerprint density at radius 3 is 2.57 bits per heavy atom. The average molecular weight is 496 g/mol. The van der Waals surface area contributed by atoms with Crippen LogP contribution in [-0.2, 0) is 30.3 Å². The van der Waals surface area contributed by atoms with Crippen LogP contribution in [0.5, 0.6) is 0 Å². The van der Waals surface area contributed by atoms with E-state index in [2.05, 4.69) is 5.32 Å². The van der Waals surface area contributed by atoms with E-state index in [4.69, 9.17) is 44.3 Å². The molecule has 2 saturated heterocycles. The Kier molecular flexibility index (Phi) is 7.14. The molecule has 0 aliphatic carbocycles. The predicted molar refractivity (Wildman–Crippen MR) is 116 cm³/mol. The smallest absolute Gasteiger partial charge is 0.332 e. The molecule has 0 saturated carbocycles. The van der Waals surface area contributed by atoms with Crippen molar-refractivity contribution >= 4 is 64.3 Å². The molecule has 7 nitrogen and oxygen atoms in total. The third-order valence-electron chi connectivity index (χ3n) is 5.07. The van der Waals surface area contributed by atoms with Gasteiger partial charge in [-0.25, -0.2) is 4.79 Å². The summed E-state index contributed by atoms with van der Waals surface area (Å²) >= 11 is 18.4. The van der Waals surface area contributed by atoms with Crippen LogP contribution in [-0.4, -0.2) is 69.0 Å². The van der Waals surface area contributed by atoms with E-state index in [1.165, 1.54) is 23.8 Å². The van der Waals surface area contributed by atoms with E-state index in [9.17, 15) is 14.4 Å². The first-order chi connectivity index (χ1) is 14.1. The van der Waals surface area contributed by atoms with Crippen LogP contribution in [0, 0.1) is 0 Å². The van der Waals surface area contributed by atoms with Crippen molar-refractivity contribution in [3.8, 4) is 0 Å². The molecule has 2 aliphatic rings. The van der Waals surface area contributed by atoms with Gasteiger partial charge in [-0.15, -0.1) is 11.8 Å². The second-order valence-electron chi connectivity index (χ2n) is 7.30. The Hall–Kier alpha value is -1.19. The second-order valence-corrected chi connectivity index (χ2v) is 10.9. The highest BCUT2D eigenvalue weighted by molar-refractivity contribution is 8.00. The molecule has 30 heavy (non-hydrogen) atoms. The lowest BCUT2D eigenvalue weighted by atomic mass is 9.91. The van der Waals surface area contributed by atoms with Crippen LogP contribution in [0.1, 0.15) is 12.5 Å². The maximum absolute atomic E-state index is 12.9. The minimum absolute atomic E-state index is 0.159. The summed E-state index contributed by atoms with van der Waals surface area (Å²) in [7, 11) is 1.46. The van der Waals surface area contributed by atoms with Crippen LogP contribution in [0.2, 0.25) is 0 Å². The average Bonchev–Trinajstić information content (AvgIpc) is 2.70. The number of thioether (sulfide) groups is 1. The van der Waals surface area contributed by atoms with Crippen molar-refractivity contribution < 1.29 is 23.9 Å². The molecule has 0 bridgehead atoms. The summed E-state index contributed by atoms with van der Waals surface area (Å²) in [5, 5.41) is 2.36. The first-order valence-electron chi connectivity index (χ1n) is 9.11. The normalized spacial score (nSPS) is 28.4. The van der Waals surface area contributed by atoms with E-state index in [-0.39, 0.29) is 18.2 Å². The summed E-state index contributed by atoms with van der Waals surface area (Å²) < 4.78 is 8.90. The van der Waals surface area contributed by atoms with Crippen molar-refractivity contribution in [3.05, 3.63) is 35.9 Å². The number of methoxy groups -OCH3 is 1. The predicted octanol–water partition coefficient (Wildman–Crippen LogP) is 2.32. The van der Waals surface area contributed by atoms with Gasteiger partial charge in [-0.3, -0.25) is 9.59 Å². The van der Waals surface area contributed by atoms with Gasteiger partial charge < -0.3 is 19.7 Å². The summed E-state index contributed by atoms with van der Waals surface area (Å²) in [5.74, 6) is -0.961. The minimum atomic E-state index is -1.77. The summed E-state index contributed by atoms with van der Waals surface area (Å²) in [6.45, 7) is 1.26. The van der Waals surface area contributed by atoms with Crippen LogP contribution in [0.3, 0.4) is 0 Å². The molecule has 3 rings (SSSR count). The highest BCUT2D eigenvalue weighted by Gasteiger charge is 2.62. The summed E-state index contributed by atoms with van der Waals surface area (Å²) in [6.07, 6.45) is 0.159. The zero-order valence-corrected chi connectivity index (χ0v) is 19.4. The fourth-order valence-electron chi connectivity index (χ4n) is 3.47. The summed E-state index contributed by atoms with van der Waals surface area (Å²) in [6, 6.07) is 7.48. The molecule has 0 aromatic heterocycles. The van der Waals surface area contributed by atoms with Crippen molar-refractivity contribution in [2.24, 2.45) is 0 Å². The first-order valence-corrected chi connectivity index (χ1v) is 11.3. The van der Waals surface area contributed by atoms with E-state index in [1.54, 1.807) is 6.92 Å². The Labute approximate surface area is 193 Å². The van der Waals surface area contributed by atoms with E-state index >= 15 is 0 Å². The number of hydrogen-bond donors (Lipinski definition) is 1. The number of ether oxygens (including phenoxy) is 2. The first kappa shape index (κ1) is 23.5. The van der Waals surface area contributed by atoms with Crippen LogP contribution in [0.4, 0.5) is 0 Å². The Balaban J connectivity index is 1.69. The lowest BCUT2D eigenvalue weighted by Gasteiger charge is -2.57. The largest absolute Gasteiger partial charge is 0.460 e. The molecule has 4 atom stereocenters. The van der Waals surface area contributed by atoms with Gasteiger partial charge in [-0.1, -0.05) is 65.1 Å². The molecular formula is C19H21Cl3N2O5S. The summed E-state index contributed by atoms with van der Waals surface area (Å²) in [5.41, 5.74) is -0.143. The topological polar surface area (TPSA) is 84.9 Å². The molecule has 11 heteroatoms. The van der Waals surface area contributed by atoms with E-state index in [0.717, 1.165) is 5.56 Å². The minimum Gasteiger partial charge on any atom is -0.460 e. The lowest BCUT2D eigenvalue weighted by molar-refractivity contribution is -0.180. The van der Waals surface area contributed by atoms with E-state index in [0.29, 0.717) is 5.75 Å². The van der Waals surface area contributed by atoms with Crippen molar-refractivity contribution in [2.45, 2.75) is 40.2 Å². The van der Waals surface area contributed by atoms with Gasteiger partial charge in [0.1, 0.15) is 23.6 Å². The van der Waals surface area contributed by atoms with Crippen LogP contribution < -0.4 is 5.32 Å². The Morgan fingerprint density at radius 2 is 1.97 bits per heavy atom. The van der Waals surface area contributed by atoms with Crippen LogP contribution >= 0.6 is 46.6 Å². The fourth-order valence-corrected chi connectivity index (χ4v) is 5.17. The van der Waals surface area contributed by atoms with Gasteiger partial charge in [0.25, 0.3) is 0 Å². The molecular weight excluding hydrogens is 475 g/mol. The summed E-state index contributed by atoms with van der Waals surface area (Å²) in [4.78, 5) is 39.4. The highest BCUT2D eigenvalue weighted by atomic mass is 35.6. The number of amides is 2. The standard InChI is InChI=1S/C19H21Cl3N2O5S/c1-18(28-2)10-30-16-13(23-12(25)8-11-6-4-3-5-7-11)15(26)24(16)14(18)17(27)29-9-19(20,21)22/h3-7,13-14,16H,8-10H2,1-2H3,(H,23,25)/t13?,14?,16-,18?/m0/s1. The highest BCUT2D eigenvalue weighted by Crippen LogP contribution is 2.44. The molecule has 0 radical (unpaired) electrons. The number of rotatable bonds is 6. The number of β-lactam (4-membered cyclic amide) rings is 1. The molecule has 2 fully saturated rings. The number of halogens is 3. The van der Waals surface area contributed by atoms with Gasteiger partial charge >= 0.3 is 5.97 Å². The zero-order valence-electron chi connectivity index (χ0n) is 16.3. The number of benzene rings is 1. The quantitative estimate of drug-likeness (QED) is 0.370. The maximum Gasteiger partial charge on any atom is 0.332 e. The number of alkyl halides is 3. The SMILES string of the molecule is COC1(C)CS[C@H]2C(NC(=O)Cc3ccccc3)C(=O)N2C1C(=O)OCC(Cl)(Cl)Cl. The number of carbonyl (C=O) groups is 3. The van der Waals surface area contributed by atoms with Crippen LogP contribution in [0.15, 0.2) is 30.3 Å². The van der Waals surface area contributed by atoms with E-state index in [1.807, 2.05) is 30.3 Å². The van der Waals surface area contributed by atoms with Gasteiger partial charge in [-0.2, -0.15) is 0 Å². The third kappa shape index (κ3) is 4.99. The number of hydrogen-bond acceptors (Lipinski definition) is 6. The van der Waals surface area contributed by atoms with Crippen molar-refractivity contribution in [1.29, 1.82) is 0 Å². The molecule has 3 unspecified atom stereocenters. The number of nitrogens with zero attached hydrogens (tertiary/aromatic N) is 1. The van der Waals surface area contributed by atoms with Crippen LogP contribution in [0.25, 0.3) is 0 Å². The zero-order chi connectivity index (χ0) is 22.1. The number of nitrogens with one attached hydrogen (secondary N) is 1. The van der Waals surface area contributed by atoms with Gasteiger partial charge in [0, 0.05) is 12.9 Å². The van der Waals surface area contributed by atoms with Crippen molar-refractivity contribution in [2.75, 3.05) is 19.5 Å². The number of esters is 1. The molecule has 1 aromatic carbocycles. The van der Waals surface area contributed by atoms with E-state index < -0.39 is 39.4 Å². The van der Waals surface area contributed by atoms with Gasteiger partial charge in [0.15, 0.2) is 6.04 Å². The van der Waals surface area contributed by atoms with Gasteiger partial charge in [0.05, 0.1) is 6.42 Å². The molecule has 1 N–H and O–H groups in total. The van der Waals surface area contributed by atoms with Crippen molar-refractivity contribution in [3.63, 3.8) is 0 Å². The Morgan fingerprint density at radius 1 is 1.30 bits per heavy atom. The fraction of sp³-hybridized carbons (Fsp3) is 0.526. The van der Waals surface area contributed by atoms with Gasteiger partial charge in [0.2, 0.25) is 15.6 Å². The van der Waals surface area contributed by atoms with Gasteiger partial charge in [-0.05, 0) is 12.5 Å².